The number of carbonyl (C=O) groups excluding carboxylic acids is 1. The van der Waals surface area contributed by atoms with Crippen LogP contribution in [0.15, 0.2) is 42.9 Å². The zero-order valence-corrected chi connectivity index (χ0v) is 12.1. The van der Waals surface area contributed by atoms with Crippen molar-refractivity contribution in [3.8, 4) is 11.1 Å². The molecule has 0 aliphatic carbocycles. The van der Waals surface area contributed by atoms with E-state index in [1.54, 1.807) is 35.1 Å². The van der Waals surface area contributed by atoms with Gasteiger partial charge in [0.15, 0.2) is 5.78 Å². The Morgan fingerprint density at radius 2 is 2.09 bits per heavy atom. The number of aromatic nitrogens is 3. The van der Waals surface area contributed by atoms with E-state index in [-0.39, 0.29) is 0 Å². The summed E-state index contributed by atoms with van der Waals surface area (Å²) in [4.78, 5) is 15.9. The van der Waals surface area contributed by atoms with Gasteiger partial charge in [-0.2, -0.15) is 9.49 Å². The summed E-state index contributed by atoms with van der Waals surface area (Å²) in [6.07, 6.45) is 4.57. The predicted molar refractivity (Wildman–Crippen MR) is 79.0 cm³/mol. The van der Waals surface area contributed by atoms with Crippen molar-refractivity contribution in [2.45, 2.75) is 19.4 Å². The number of Topliss-reactive ketones (excluding diaryl/α,β-unsaturated/α-hetero) is 1. The van der Waals surface area contributed by atoms with E-state index in [2.05, 4.69) is 10.1 Å². The van der Waals surface area contributed by atoms with E-state index in [1.165, 1.54) is 26.1 Å². The van der Waals surface area contributed by atoms with Gasteiger partial charge in [-0.3, -0.25) is 4.79 Å². The lowest BCUT2D eigenvalue weighted by molar-refractivity contribution is 0.0487. The molecular weight excluding hydrogens is 285 g/mol. The van der Waals surface area contributed by atoms with E-state index < -0.39 is 17.3 Å². The Hall–Kier alpha value is -2.60. The number of halogens is 1. The Morgan fingerprint density at radius 1 is 1.32 bits per heavy atom. The minimum Gasteiger partial charge on any atom is -0.382 e. The van der Waals surface area contributed by atoms with Crippen molar-refractivity contribution in [2.24, 2.45) is 0 Å². The molecule has 0 unspecified atom stereocenters. The minimum atomic E-state index is -1.49. The normalized spacial score (nSPS) is 11.8. The first-order valence-corrected chi connectivity index (χ1v) is 6.73. The molecule has 6 heteroatoms. The lowest BCUT2D eigenvalue weighted by Crippen LogP contribution is -2.31. The van der Waals surface area contributed by atoms with Gasteiger partial charge in [-0.05, 0) is 38.1 Å². The van der Waals surface area contributed by atoms with Gasteiger partial charge in [0.2, 0.25) is 5.95 Å². The summed E-state index contributed by atoms with van der Waals surface area (Å²) in [7, 11) is 0. The molecule has 0 bridgehead atoms. The van der Waals surface area contributed by atoms with Crippen LogP contribution in [0.1, 0.15) is 24.2 Å². The summed E-state index contributed by atoms with van der Waals surface area (Å²) in [5.74, 6) is -0.988. The third-order valence-corrected chi connectivity index (χ3v) is 3.36. The Morgan fingerprint density at radius 3 is 2.73 bits per heavy atom. The third-order valence-electron chi connectivity index (χ3n) is 3.36. The van der Waals surface area contributed by atoms with E-state index >= 15 is 0 Å². The van der Waals surface area contributed by atoms with Gasteiger partial charge in [0, 0.05) is 35.3 Å². The maximum Gasteiger partial charge on any atom is 0.212 e. The number of aliphatic hydroxyl groups is 1. The van der Waals surface area contributed by atoms with Crippen molar-refractivity contribution in [1.82, 2.24) is 14.6 Å². The number of carbonyl (C=O) groups is 1. The molecule has 0 aliphatic rings. The fourth-order valence-corrected chi connectivity index (χ4v) is 2.27. The van der Waals surface area contributed by atoms with Crippen LogP contribution >= 0.6 is 0 Å². The summed E-state index contributed by atoms with van der Waals surface area (Å²) in [6.45, 7) is 2.86. The molecule has 3 aromatic rings. The molecule has 22 heavy (non-hydrogen) atoms. The zero-order chi connectivity index (χ0) is 15.9. The van der Waals surface area contributed by atoms with Crippen molar-refractivity contribution < 1.29 is 14.3 Å². The molecule has 0 radical (unpaired) electrons. The molecule has 0 aromatic carbocycles. The summed E-state index contributed by atoms with van der Waals surface area (Å²) in [5.41, 5.74) is 0.959. The van der Waals surface area contributed by atoms with Crippen molar-refractivity contribution >= 4 is 11.3 Å². The fourth-order valence-electron chi connectivity index (χ4n) is 2.27. The van der Waals surface area contributed by atoms with Crippen LogP contribution in [-0.2, 0) is 0 Å². The van der Waals surface area contributed by atoms with Gasteiger partial charge in [0.05, 0.1) is 5.52 Å². The second kappa shape index (κ2) is 4.99. The molecule has 0 atom stereocenters. The molecule has 0 fully saturated rings. The van der Waals surface area contributed by atoms with E-state index in [9.17, 15) is 14.3 Å². The highest BCUT2D eigenvalue weighted by molar-refractivity contribution is 6.03. The predicted octanol–water partition coefficient (Wildman–Crippen LogP) is 2.49. The fraction of sp³-hybridized carbons (Fsp3) is 0.188. The van der Waals surface area contributed by atoms with E-state index in [4.69, 9.17) is 0 Å². The Bertz CT molecular complexity index is 848. The monoisotopic (exact) mass is 299 g/mol. The highest BCUT2D eigenvalue weighted by atomic mass is 19.1. The van der Waals surface area contributed by atoms with Crippen LogP contribution in [0.4, 0.5) is 4.39 Å². The number of ketones is 1. The second-order valence-electron chi connectivity index (χ2n) is 5.56. The number of rotatable bonds is 3. The topological polar surface area (TPSA) is 67.5 Å². The molecule has 1 N–H and O–H groups in total. The Balaban J connectivity index is 2.22. The van der Waals surface area contributed by atoms with Crippen LogP contribution in [0, 0.1) is 5.95 Å². The zero-order valence-electron chi connectivity index (χ0n) is 12.1. The van der Waals surface area contributed by atoms with Crippen LogP contribution < -0.4 is 0 Å². The standard InChI is InChI=1S/C16H14FN3O2/c1-16(2,22)15(21)11-7-12(10-3-4-14(17)18-8-10)13-5-6-19-20(13)9-11/h3-9,22H,1-2H3. The first kappa shape index (κ1) is 14.3. The van der Waals surface area contributed by atoms with Gasteiger partial charge in [0.25, 0.3) is 0 Å². The molecule has 0 aliphatic heterocycles. The highest BCUT2D eigenvalue weighted by Crippen LogP contribution is 2.26. The lowest BCUT2D eigenvalue weighted by atomic mass is 9.95. The highest BCUT2D eigenvalue weighted by Gasteiger charge is 2.26. The van der Waals surface area contributed by atoms with Gasteiger partial charge in [-0.1, -0.05) is 0 Å². The second-order valence-corrected chi connectivity index (χ2v) is 5.56. The largest absolute Gasteiger partial charge is 0.382 e. The van der Waals surface area contributed by atoms with Gasteiger partial charge in [-0.15, -0.1) is 0 Å². The van der Waals surface area contributed by atoms with Crippen LogP contribution in [0.25, 0.3) is 16.6 Å². The number of pyridine rings is 2. The summed E-state index contributed by atoms with van der Waals surface area (Å²) < 4.78 is 14.6. The van der Waals surface area contributed by atoms with E-state index in [0.29, 0.717) is 16.7 Å². The molecule has 0 spiro atoms. The number of hydrogen-bond donors (Lipinski definition) is 1. The van der Waals surface area contributed by atoms with Gasteiger partial charge in [-0.25, -0.2) is 9.50 Å². The Kier molecular flexibility index (Phi) is 3.26. The first-order valence-electron chi connectivity index (χ1n) is 6.73. The molecule has 0 amide bonds. The van der Waals surface area contributed by atoms with Crippen LogP contribution in [0.3, 0.4) is 0 Å². The number of nitrogens with zero attached hydrogens (tertiary/aromatic N) is 3. The van der Waals surface area contributed by atoms with Crippen molar-refractivity contribution in [3.05, 3.63) is 54.4 Å². The Labute approximate surface area is 126 Å². The SMILES string of the molecule is CC(C)(O)C(=O)c1cc(-c2ccc(F)nc2)c2ccnn2c1. The van der Waals surface area contributed by atoms with Gasteiger partial charge >= 0.3 is 0 Å². The van der Waals surface area contributed by atoms with Gasteiger partial charge < -0.3 is 5.11 Å². The molecule has 3 rings (SSSR count). The van der Waals surface area contributed by atoms with Crippen molar-refractivity contribution in [1.29, 1.82) is 0 Å². The van der Waals surface area contributed by atoms with E-state index in [1.807, 2.05) is 0 Å². The molecular formula is C16H14FN3O2. The third kappa shape index (κ3) is 2.48. The number of fused-ring (bicyclic) bond motifs is 1. The maximum atomic E-state index is 13.0. The molecule has 0 saturated heterocycles. The van der Waals surface area contributed by atoms with Crippen LogP contribution in [0.2, 0.25) is 0 Å². The molecule has 3 heterocycles. The summed E-state index contributed by atoms with van der Waals surface area (Å²) in [5, 5.41) is 14.1. The average molecular weight is 299 g/mol. The van der Waals surface area contributed by atoms with E-state index in [0.717, 1.165) is 5.52 Å². The van der Waals surface area contributed by atoms with Gasteiger partial charge in [0.1, 0.15) is 5.60 Å². The van der Waals surface area contributed by atoms with Crippen molar-refractivity contribution in [2.75, 3.05) is 0 Å². The molecule has 5 nitrogen and oxygen atoms in total. The lowest BCUT2D eigenvalue weighted by Gasteiger charge is -2.16. The molecule has 3 aromatic heterocycles. The molecule has 112 valence electrons. The smallest absolute Gasteiger partial charge is 0.212 e. The van der Waals surface area contributed by atoms with Crippen LogP contribution in [-0.4, -0.2) is 31.1 Å². The van der Waals surface area contributed by atoms with Crippen LogP contribution in [0.5, 0.6) is 0 Å². The quantitative estimate of drug-likeness (QED) is 0.596. The van der Waals surface area contributed by atoms with Crippen molar-refractivity contribution in [3.63, 3.8) is 0 Å². The average Bonchev–Trinajstić information content (AvgIpc) is 2.93. The molecule has 0 saturated carbocycles. The summed E-state index contributed by atoms with van der Waals surface area (Å²) in [6, 6.07) is 6.29. The summed E-state index contributed by atoms with van der Waals surface area (Å²) >= 11 is 0. The minimum absolute atomic E-state index is 0.322. The number of hydrogen-bond acceptors (Lipinski definition) is 4. The first-order chi connectivity index (χ1) is 10.4. The maximum absolute atomic E-state index is 13.0.